The van der Waals surface area contributed by atoms with E-state index in [0.717, 1.165) is 0 Å². The van der Waals surface area contributed by atoms with E-state index in [1.54, 1.807) is 0 Å². The zero-order valence-corrected chi connectivity index (χ0v) is 9.45. The fourth-order valence-electron chi connectivity index (χ4n) is 1.36. The summed E-state index contributed by atoms with van der Waals surface area (Å²) in [4.78, 5) is 10.1. The zero-order valence-electron chi connectivity index (χ0n) is 9.45. The lowest BCUT2D eigenvalue weighted by atomic mass is 10.2. The van der Waals surface area contributed by atoms with Gasteiger partial charge in [-0.15, -0.1) is 0 Å². The molecule has 0 saturated heterocycles. The van der Waals surface area contributed by atoms with Crippen LogP contribution in [0.5, 0.6) is 5.75 Å². The van der Waals surface area contributed by atoms with E-state index in [2.05, 4.69) is 5.32 Å². The number of benzene rings is 1. The molecule has 0 aliphatic heterocycles. The van der Waals surface area contributed by atoms with Crippen molar-refractivity contribution in [1.82, 2.24) is 0 Å². The molecule has 0 heterocycles. The topological polar surface area (TPSA) is 64.4 Å². The molecule has 0 atom stereocenters. The Hall–Kier alpha value is -1.99. The fourth-order valence-corrected chi connectivity index (χ4v) is 1.36. The molecule has 0 saturated carbocycles. The molecular weight excluding hydrogens is 253 g/mol. The Balaban J connectivity index is 2.85. The lowest BCUT2D eigenvalue weighted by Crippen LogP contribution is -2.15. The molecule has 1 rings (SSSR count). The molecule has 18 heavy (non-hydrogen) atoms. The van der Waals surface area contributed by atoms with Crippen LogP contribution in [0.15, 0.2) is 18.2 Å². The molecule has 0 fully saturated rings. The number of rotatable bonds is 5. The van der Waals surface area contributed by atoms with Gasteiger partial charge in [-0.1, -0.05) is 6.07 Å². The highest BCUT2D eigenvalue weighted by atomic mass is 19.4. The number of halogens is 3. The van der Waals surface area contributed by atoms with Crippen LogP contribution in [0.2, 0.25) is 0 Å². The van der Waals surface area contributed by atoms with Crippen LogP contribution in [-0.2, 0) is 0 Å². The summed E-state index contributed by atoms with van der Waals surface area (Å²) in [5, 5.41) is 13.2. The number of hydrogen-bond acceptors (Lipinski definition) is 4. The average Bonchev–Trinajstić information content (AvgIpc) is 2.26. The van der Waals surface area contributed by atoms with E-state index in [1.165, 1.54) is 25.3 Å². The van der Waals surface area contributed by atoms with Gasteiger partial charge >= 0.3 is 11.9 Å². The maximum atomic E-state index is 12.0. The lowest BCUT2D eigenvalue weighted by molar-refractivity contribution is -0.384. The van der Waals surface area contributed by atoms with Gasteiger partial charge in [0.25, 0.3) is 0 Å². The van der Waals surface area contributed by atoms with Gasteiger partial charge in [0.2, 0.25) is 0 Å². The van der Waals surface area contributed by atoms with Gasteiger partial charge < -0.3 is 10.1 Å². The number of anilines is 1. The fraction of sp³-hybridized carbons (Fsp3) is 0.400. The number of alkyl halides is 3. The first kappa shape index (κ1) is 14.1. The summed E-state index contributed by atoms with van der Waals surface area (Å²) in [5.74, 6) is -0.00277. The first-order valence-electron chi connectivity index (χ1n) is 4.97. The predicted octanol–water partition coefficient (Wildman–Crippen LogP) is 2.97. The Bertz CT molecular complexity index is 435. The van der Waals surface area contributed by atoms with Crippen LogP contribution in [0.4, 0.5) is 24.5 Å². The molecule has 0 unspecified atom stereocenters. The molecule has 1 N–H and O–H groups in total. The zero-order chi connectivity index (χ0) is 13.8. The Morgan fingerprint density at radius 1 is 1.44 bits per heavy atom. The summed E-state index contributed by atoms with van der Waals surface area (Å²) in [6.45, 7) is -0.433. The Labute approximate surface area is 101 Å². The standard InChI is InChI=1S/C10H11F3N2O3/c1-18-8-4-2-3-7(9(8)15(16)17)14-6-5-10(11,12)13/h2-4,14H,5-6H2,1H3. The van der Waals surface area contributed by atoms with Gasteiger partial charge in [-0.2, -0.15) is 13.2 Å². The third-order valence-corrected chi connectivity index (χ3v) is 2.13. The molecule has 0 bridgehead atoms. The third kappa shape index (κ3) is 3.79. The minimum Gasteiger partial charge on any atom is -0.490 e. The molecule has 8 heteroatoms. The Kier molecular flexibility index (Phi) is 4.35. The molecule has 100 valence electrons. The highest BCUT2D eigenvalue weighted by Gasteiger charge is 2.27. The van der Waals surface area contributed by atoms with Crippen LogP contribution >= 0.6 is 0 Å². The number of ether oxygens (including phenoxy) is 1. The van der Waals surface area contributed by atoms with E-state index in [-0.39, 0.29) is 17.1 Å². The molecule has 5 nitrogen and oxygen atoms in total. The minimum atomic E-state index is -4.30. The quantitative estimate of drug-likeness (QED) is 0.656. The molecule has 0 aliphatic rings. The van der Waals surface area contributed by atoms with Gasteiger partial charge in [0.05, 0.1) is 18.5 Å². The number of para-hydroxylation sites is 1. The van der Waals surface area contributed by atoms with E-state index in [0.29, 0.717) is 0 Å². The van der Waals surface area contributed by atoms with Crippen molar-refractivity contribution in [2.24, 2.45) is 0 Å². The summed E-state index contributed by atoms with van der Waals surface area (Å²) in [5.41, 5.74) is -0.370. The van der Waals surface area contributed by atoms with Crippen LogP contribution in [0.3, 0.4) is 0 Å². The SMILES string of the molecule is COc1cccc(NCCC(F)(F)F)c1[N+](=O)[O-]. The molecule has 1 aromatic rings. The molecule has 0 spiro atoms. The van der Waals surface area contributed by atoms with Crippen molar-refractivity contribution in [3.05, 3.63) is 28.3 Å². The smallest absolute Gasteiger partial charge is 0.390 e. The van der Waals surface area contributed by atoms with Crippen molar-refractivity contribution in [1.29, 1.82) is 0 Å². The monoisotopic (exact) mass is 264 g/mol. The lowest BCUT2D eigenvalue weighted by Gasteiger charge is -2.10. The van der Waals surface area contributed by atoms with Gasteiger partial charge in [-0.25, -0.2) is 0 Å². The van der Waals surface area contributed by atoms with Gasteiger partial charge in [0, 0.05) is 6.54 Å². The predicted molar refractivity (Wildman–Crippen MR) is 58.8 cm³/mol. The number of nitrogens with one attached hydrogen (secondary N) is 1. The van der Waals surface area contributed by atoms with Crippen LogP contribution < -0.4 is 10.1 Å². The maximum absolute atomic E-state index is 12.0. The van der Waals surface area contributed by atoms with Gasteiger partial charge in [0.15, 0.2) is 5.75 Å². The van der Waals surface area contributed by atoms with E-state index in [9.17, 15) is 23.3 Å². The average molecular weight is 264 g/mol. The van der Waals surface area contributed by atoms with Gasteiger partial charge in [-0.05, 0) is 12.1 Å². The number of nitrogens with zero attached hydrogens (tertiary/aromatic N) is 1. The van der Waals surface area contributed by atoms with Crippen LogP contribution in [0, 0.1) is 10.1 Å². The van der Waals surface area contributed by atoms with E-state index < -0.39 is 24.1 Å². The highest BCUT2D eigenvalue weighted by Crippen LogP contribution is 2.34. The molecule has 0 amide bonds. The van der Waals surface area contributed by atoms with Crippen molar-refractivity contribution < 1.29 is 22.8 Å². The highest BCUT2D eigenvalue weighted by molar-refractivity contribution is 5.68. The molecule has 0 aliphatic carbocycles. The first-order chi connectivity index (χ1) is 8.35. The van der Waals surface area contributed by atoms with E-state index in [1.807, 2.05) is 0 Å². The third-order valence-electron chi connectivity index (χ3n) is 2.13. The van der Waals surface area contributed by atoms with Gasteiger partial charge in [0.1, 0.15) is 5.69 Å². The second-order valence-electron chi connectivity index (χ2n) is 3.41. The first-order valence-corrected chi connectivity index (χ1v) is 4.97. The molecule has 1 aromatic carbocycles. The summed E-state index contributed by atoms with van der Waals surface area (Å²) in [7, 11) is 1.25. The van der Waals surface area contributed by atoms with Crippen LogP contribution in [0.1, 0.15) is 6.42 Å². The normalized spacial score (nSPS) is 11.1. The van der Waals surface area contributed by atoms with Gasteiger partial charge in [-0.3, -0.25) is 10.1 Å². The summed E-state index contributed by atoms with van der Waals surface area (Å²) in [6.07, 6.45) is -5.37. The number of methoxy groups -OCH3 is 1. The second-order valence-corrected chi connectivity index (χ2v) is 3.41. The summed E-state index contributed by atoms with van der Waals surface area (Å²) < 4.78 is 40.7. The molecule has 0 aromatic heterocycles. The van der Waals surface area contributed by atoms with Crippen molar-refractivity contribution in [3.63, 3.8) is 0 Å². The Morgan fingerprint density at radius 2 is 2.11 bits per heavy atom. The molecule has 0 radical (unpaired) electrons. The summed E-state index contributed by atoms with van der Waals surface area (Å²) in [6, 6.07) is 4.16. The minimum absolute atomic E-state index is 0.00277. The van der Waals surface area contributed by atoms with Crippen molar-refractivity contribution in [3.8, 4) is 5.75 Å². The van der Waals surface area contributed by atoms with E-state index in [4.69, 9.17) is 4.74 Å². The largest absolute Gasteiger partial charge is 0.490 e. The van der Waals surface area contributed by atoms with Crippen molar-refractivity contribution in [2.75, 3.05) is 19.0 Å². The summed E-state index contributed by atoms with van der Waals surface area (Å²) >= 11 is 0. The number of nitro groups is 1. The Morgan fingerprint density at radius 3 is 2.61 bits per heavy atom. The maximum Gasteiger partial charge on any atom is 0.390 e. The molecular formula is C10H11F3N2O3. The van der Waals surface area contributed by atoms with E-state index >= 15 is 0 Å². The number of nitro benzene ring substituents is 1. The van der Waals surface area contributed by atoms with Crippen molar-refractivity contribution in [2.45, 2.75) is 12.6 Å². The van der Waals surface area contributed by atoms with Crippen LogP contribution in [0.25, 0.3) is 0 Å². The van der Waals surface area contributed by atoms with Crippen LogP contribution in [-0.4, -0.2) is 24.8 Å². The second kappa shape index (κ2) is 5.56. The number of hydrogen-bond donors (Lipinski definition) is 1. The van der Waals surface area contributed by atoms with Crippen molar-refractivity contribution >= 4 is 11.4 Å².